The summed E-state index contributed by atoms with van der Waals surface area (Å²) in [6.07, 6.45) is 11.4. The molecule has 6 aromatic rings. The van der Waals surface area contributed by atoms with Crippen molar-refractivity contribution in [3.05, 3.63) is 103 Å². The number of benzene rings is 2. The average Bonchev–Trinajstić information content (AvgIpc) is 3.37. The highest BCUT2D eigenvalue weighted by Gasteiger charge is 2.22. The van der Waals surface area contributed by atoms with Crippen molar-refractivity contribution in [1.82, 2.24) is 19.1 Å². The van der Waals surface area contributed by atoms with Crippen LogP contribution in [0, 0.1) is 0 Å². The molecule has 4 heterocycles. The SMILES string of the molecule is C1=CC(n2c3ccccc3c3ncccc32)CC(n2c3ccccc3c3ncccc32)=C1. The van der Waals surface area contributed by atoms with Crippen LogP contribution in [0.4, 0.5) is 0 Å². The van der Waals surface area contributed by atoms with Gasteiger partial charge in [0, 0.05) is 35.3 Å². The molecule has 4 aromatic heterocycles. The third-order valence-electron chi connectivity index (χ3n) is 6.55. The van der Waals surface area contributed by atoms with Crippen LogP contribution in [-0.4, -0.2) is 19.1 Å². The maximum Gasteiger partial charge on any atom is 0.0963 e. The third kappa shape index (κ3) is 2.38. The van der Waals surface area contributed by atoms with E-state index in [1.807, 2.05) is 24.5 Å². The number of pyridine rings is 2. The van der Waals surface area contributed by atoms with E-state index in [0.29, 0.717) is 0 Å². The Morgan fingerprint density at radius 3 is 2.09 bits per heavy atom. The Bertz CT molecular complexity index is 1610. The van der Waals surface area contributed by atoms with Crippen LogP contribution in [0.25, 0.3) is 49.6 Å². The van der Waals surface area contributed by atoms with Gasteiger partial charge in [0.1, 0.15) is 0 Å². The van der Waals surface area contributed by atoms with E-state index < -0.39 is 0 Å². The lowest BCUT2D eigenvalue weighted by Gasteiger charge is -2.24. The van der Waals surface area contributed by atoms with Gasteiger partial charge in [-0.15, -0.1) is 0 Å². The summed E-state index contributed by atoms with van der Waals surface area (Å²) >= 11 is 0. The molecule has 4 heteroatoms. The van der Waals surface area contributed by atoms with Crippen LogP contribution in [0.3, 0.4) is 0 Å². The first-order chi connectivity index (χ1) is 15.9. The summed E-state index contributed by atoms with van der Waals surface area (Å²) in [5.74, 6) is 0. The molecule has 0 saturated heterocycles. The van der Waals surface area contributed by atoms with Gasteiger partial charge in [0.2, 0.25) is 0 Å². The van der Waals surface area contributed by atoms with Crippen molar-refractivity contribution in [2.75, 3.05) is 0 Å². The van der Waals surface area contributed by atoms with Gasteiger partial charge in [0.25, 0.3) is 0 Å². The quantitative estimate of drug-likeness (QED) is 0.316. The van der Waals surface area contributed by atoms with Gasteiger partial charge in [-0.05, 0) is 42.5 Å². The van der Waals surface area contributed by atoms with Gasteiger partial charge in [-0.25, -0.2) is 0 Å². The number of fused-ring (bicyclic) bond motifs is 6. The van der Waals surface area contributed by atoms with Crippen molar-refractivity contribution < 1.29 is 0 Å². The Hall–Kier alpha value is -4.18. The van der Waals surface area contributed by atoms with E-state index in [0.717, 1.165) is 23.0 Å². The molecule has 0 aliphatic heterocycles. The summed E-state index contributed by atoms with van der Waals surface area (Å²) < 4.78 is 4.81. The minimum atomic E-state index is 0.203. The molecular formula is C28H20N4. The van der Waals surface area contributed by atoms with Gasteiger partial charge in [0.05, 0.1) is 39.1 Å². The largest absolute Gasteiger partial charge is 0.332 e. The van der Waals surface area contributed by atoms with Crippen LogP contribution >= 0.6 is 0 Å². The molecule has 0 spiro atoms. The van der Waals surface area contributed by atoms with Crippen molar-refractivity contribution in [3.63, 3.8) is 0 Å². The van der Waals surface area contributed by atoms with Crippen LogP contribution in [0.1, 0.15) is 12.5 Å². The Morgan fingerprint density at radius 2 is 1.28 bits per heavy atom. The number of hydrogen-bond acceptors (Lipinski definition) is 2. The first kappa shape index (κ1) is 17.5. The van der Waals surface area contributed by atoms with Gasteiger partial charge in [-0.1, -0.05) is 48.6 Å². The van der Waals surface area contributed by atoms with E-state index in [-0.39, 0.29) is 6.04 Å². The third-order valence-corrected chi connectivity index (χ3v) is 6.55. The van der Waals surface area contributed by atoms with Gasteiger partial charge in [-0.3, -0.25) is 9.97 Å². The van der Waals surface area contributed by atoms with Crippen LogP contribution in [0.2, 0.25) is 0 Å². The first-order valence-electron chi connectivity index (χ1n) is 11.0. The van der Waals surface area contributed by atoms with E-state index in [1.54, 1.807) is 0 Å². The van der Waals surface area contributed by atoms with Gasteiger partial charge < -0.3 is 9.13 Å². The number of rotatable bonds is 2. The number of nitrogens with zero attached hydrogens (tertiary/aromatic N) is 4. The zero-order chi connectivity index (χ0) is 21.1. The fourth-order valence-corrected chi connectivity index (χ4v) is 5.25. The molecule has 1 aliphatic carbocycles. The summed E-state index contributed by atoms with van der Waals surface area (Å²) in [7, 11) is 0. The minimum Gasteiger partial charge on any atom is -0.332 e. The smallest absolute Gasteiger partial charge is 0.0963 e. The van der Waals surface area contributed by atoms with Crippen molar-refractivity contribution in [2.45, 2.75) is 12.5 Å². The molecule has 1 unspecified atom stereocenters. The second kappa shape index (κ2) is 6.66. The predicted molar refractivity (Wildman–Crippen MR) is 132 cm³/mol. The van der Waals surface area contributed by atoms with Crippen LogP contribution in [0.15, 0.2) is 103 Å². The number of aromatic nitrogens is 4. The van der Waals surface area contributed by atoms with E-state index >= 15 is 0 Å². The molecule has 2 aromatic carbocycles. The molecule has 4 nitrogen and oxygen atoms in total. The fraction of sp³-hybridized carbons (Fsp3) is 0.0714. The summed E-state index contributed by atoms with van der Waals surface area (Å²) in [4.78, 5) is 9.40. The molecule has 0 radical (unpaired) electrons. The molecular weight excluding hydrogens is 392 g/mol. The Morgan fingerprint density at radius 1 is 0.656 bits per heavy atom. The average molecular weight is 412 g/mol. The maximum atomic E-state index is 4.70. The minimum absolute atomic E-state index is 0.203. The molecule has 0 bridgehead atoms. The molecule has 1 atom stereocenters. The van der Waals surface area contributed by atoms with Gasteiger partial charge in [-0.2, -0.15) is 0 Å². The summed E-state index contributed by atoms with van der Waals surface area (Å²) in [6, 6.07) is 25.7. The van der Waals surface area contributed by atoms with Crippen LogP contribution < -0.4 is 0 Å². The molecule has 152 valence electrons. The maximum absolute atomic E-state index is 4.70. The number of hydrogen-bond donors (Lipinski definition) is 0. The zero-order valence-electron chi connectivity index (χ0n) is 17.4. The normalized spacial score (nSPS) is 16.4. The second-order valence-corrected chi connectivity index (χ2v) is 8.30. The molecule has 32 heavy (non-hydrogen) atoms. The summed E-state index contributed by atoms with van der Waals surface area (Å²) in [5.41, 5.74) is 8.13. The molecule has 7 rings (SSSR count). The van der Waals surface area contributed by atoms with Crippen LogP contribution in [0.5, 0.6) is 0 Å². The highest BCUT2D eigenvalue weighted by atomic mass is 15.1. The lowest BCUT2D eigenvalue weighted by atomic mass is 10.0. The molecule has 0 saturated carbocycles. The Labute approximate surface area is 184 Å². The van der Waals surface area contributed by atoms with Crippen LogP contribution in [-0.2, 0) is 0 Å². The van der Waals surface area contributed by atoms with Crippen molar-refractivity contribution >= 4 is 49.6 Å². The van der Waals surface area contributed by atoms with E-state index in [2.05, 4.69) is 88.0 Å². The molecule has 1 aliphatic rings. The summed E-state index contributed by atoms with van der Waals surface area (Å²) in [6.45, 7) is 0. The monoisotopic (exact) mass is 412 g/mol. The highest BCUT2D eigenvalue weighted by molar-refractivity contribution is 6.08. The van der Waals surface area contributed by atoms with Crippen molar-refractivity contribution in [2.24, 2.45) is 0 Å². The van der Waals surface area contributed by atoms with Gasteiger partial charge in [0.15, 0.2) is 0 Å². The van der Waals surface area contributed by atoms with Crippen molar-refractivity contribution in [3.8, 4) is 0 Å². The topological polar surface area (TPSA) is 35.6 Å². The molecule has 0 amide bonds. The second-order valence-electron chi connectivity index (χ2n) is 8.30. The lowest BCUT2D eigenvalue weighted by Crippen LogP contribution is -2.12. The van der Waals surface area contributed by atoms with E-state index in [9.17, 15) is 0 Å². The number of allylic oxidation sites excluding steroid dienone is 4. The van der Waals surface area contributed by atoms with E-state index in [4.69, 9.17) is 9.97 Å². The van der Waals surface area contributed by atoms with Gasteiger partial charge >= 0.3 is 0 Å². The Kier molecular flexibility index (Phi) is 3.64. The fourth-order valence-electron chi connectivity index (χ4n) is 5.25. The zero-order valence-corrected chi connectivity index (χ0v) is 17.4. The number of para-hydroxylation sites is 2. The summed E-state index contributed by atoms with van der Waals surface area (Å²) in [5, 5.41) is 2.39. The molecule has 0 fully saturated rings. The van der Waals surface area contributed by atoms with E-state index in [1.165, 1.54) is 33.0 Å². The predicted octanol–water partition coefficient (Wildman–Crippen LogP) is 6.73. The molecule has 0 N–H and O–H groups in total. The van der Waals surface area contributed by atoms with Crippen molar-refractivity contribution in [1.29, 1.82) is 0 Å². The lowest BCUT2D eigenvalue weighted by molar-refractivity contribution is 0.645. The Balaban J connectivity index is 1.43. The highest BCUT2D eigenvalue weighted by Crippen LogP contribution is 2.38. The first-order valence-corrected chi connectivity index (χ1v) is 11.0. The standard InChI is InChI=1S/C28H20N4/c1-3-12-23-21(10-1)27-25(14-6-16-29-27)31(23)19-8-5-9-20(18-19)32-24-13-4-2-11-22(24)28-26(32)15-7-17-30-28/h1-17,19H,18H2.